The fraction of sp³-hybridized carbons (Fsp3) is 0.314. The van der Waals surface area contributed by atoms with Crippen LogP contribution in [0.25, 0.3) is 22.4 Å². The number of aryl methyl sites for hydroxylation is 3. The van der Waals surface area contributed by atoms with Crippen molar-refractivity contribution < 1.29 is 14.3 Å². The molecule has 3 aromatic heterocycles. The number of carbonyl (C=O) groups excluding carboxylic acids is 2. The highest BCUT2D eigenvalue weighted by atomic mass is 16.5. The number of hydrogen-bond acceptors (Lipinski definition) is 8. The van der Waals surface area contributed by atoms with E-state index in [1.165, 1.54) is 0 Å². The van der Waals surface area contributed by atoms with Crippen LogP contribution in [0, 0.1) is 19.8 Å². The highest BCUT2D eigenvalue weighted by Crippen LogP contribution is 2.33. The van der Waals surface area contributed by atoms with Gasteiger partial charge in [-0.25, -0.2) is 4.98 Å². The van der Waals surface area contributed by atoms with Crippen LogP contribution in [0.5, 0.6) is 11.6 Å². The van der Waals surface area contributed by atoms with Gasteiger partial charge in [0.1, 0.15) is 11.1 Å². The zero-order chi connectivity index (χ0) is 32.2. The van der Waals surface area contributed by atoms with Crippen LogP contribution in [0.2, 0.25) is 0 Å². The molecule has 236 valence electrons. The molecule has 11 nitrogen and oxygen atoms in total. The van der Waals surface area contributed by atoms with Gasteiger partial charge in [-0.15, -0.1) is 0 Å². The molecule has 5 aromatic rings. The Labute approximate surface area is 268 Å². The highest BCUT2D eigenvalue weighted by Gasteiger charge is 2.22. The number of rotatable bonds is 9. The van der Waals surface area contributed by atoms with E-state index in [4.69, 9.17) is 9.72 Å². The van der Waals surface area contributed by atoms with Gasteiger partial charge in [-0.05, 0) is 86.2 Å². The maximum absolute atomic E-state index is 13.4. The molecule has 6 rings (SSSR count). The van der Waals surface area contributed by atoms with Gasteiger partial charge in [0.2, 0.25) is 11.8 Å². The number of nitrogens with one attached hydrogen (secondary N) is 2. The van der Waals surface area contributed by atoms with E-state index < -0.39 is 0 Å². The van der Waals surface area contributed by atoms with Crippen LogP contribution in [0.4, 0.5) is 11.4 Å². The number of ether oxygens (including phenoxy) is 1. The molecule has 0 bridgehead atoms. The lowest BCUT2D eigenvalue weighted by Gasteiger charge is -2.34. The molecule has 2 amide bonds. The molecule has 46 heavy (non-hydrogen) atoms. The molecule has 0 spiro atoms. The van der Waals surface area contributed by atoms with Crippen molar-refractivity contribution in [3.8, 4) is 23.0 Å². The minimum Gasteiger partial charge on any atom is -0.438 e. The van der Waals surface area contributed by atoms with Crippen molar-refractivity contribution in [1.82, 2.24) is 30.0 Å². The summed E-state index contributed by atoms with van der Waals surface area (Å²) < 4.78 is 8.02. The Bertz CT molecular complexity index is 1880. The predicted molar refractivity (Wildman–Crippen MR) is 178 cm³/mol. The smallest absolute Gasteiger partial charge is 0.255 e. The summed E-state index contributed by atoms with van der Waals surface area (Å²) in [6.45, 7) is 8.49. The molecule has 0 unspecified atom stereocenters. The van der Waals surface area contributed by atoms with Crippen LogP contribution >= 0.6 is 0 Å². The molecule has 0 radical (unpaired) electrons. The van der Waals surface area contributed by atoms with Gasteiger partial charge < -0.3 is 20.3 Å². The number of aromatic nitrogens is 5. The fourth-order valence-corrected chi connectivity index (χ4v) is 5.71. The number of nitrogens with zero attached hydrogens (tertiary/aromatic N) is 6. The molecule has 4 heterocycles. The lowest BCUT2D eigenvalue weighted by molar-refractivity contribution is -0.121. The van der Waals surface area contributed by atoms with Gasteiger partial charge >= 0.3 is 0 Å². The number of fused-ring (bicyclic) bond motifs is 1. The van der Waals surface area contributed by atoms with Gasteiger partial charge in [-0.3, -0.25) is 19.3 Å². The minimum absolute atomic E-state index is 0.109. The van der Waals surface area contributed by atoms with E-state index in [0.29, 0.717) is 46.4 Å². The minimum atomic E-state index is -0.239. The van der Waals surface area contributed by atoms with Gasteiger partial charge in [-0.2, -0.15) is 10.1 Å². The average Bonchev–Trinajstić information content (AvgIpc) is 3.45. The van der Waals surface area contributed by atoms with E-state index in [-0.39, 0.29) is 11.8 Å². The van der Waals surface area contributed by atoms with Gasteiger partial charge in [0.25, 0.3) is 5.91 Å². The average molecular weight is 619 g/mol. The van der Waals surface area contributed by atoms with Crippen molar-refractivity contribution >= 4 is 34.2 Å². The lowest BCUT2D eigenvalue weighted by atomic mass is 9.95. The summed E-state index contributed by atoms with van der Waals surface area (Å²) in [6, 6.07) is 15.1. The summed E-state index contributed by atoms with van der Waals surface area (Å²) in [5, 5.41) is 11.1. The number of piperidine rings is 1. The third-order valence-corrected chi connectivity index (χ3v) is 8.45. The molecule has 1 aliphatic heterocycles. The number of hydrogen-bond donors (Lipinski definition) is 2. The first-order chi connectivity index (χ1) is 22.3. The quantitative estimate of drug-likeness (QED) is 0.211. The predicted octanol–water partition coefficient (Wildman–Crippen LogP) is 5.83. The van der Waals surface area contributed by atoms with Crippen molar-refractivity contribution in [2.24, 2.45) is 13.0 Å². The molecule has 2 aromatic carbocycles. The summed E-state index contributed by atoms with van der Waals surface area (Å²) in [5.74, 6) is 1.70. The molecule has 0 saturated carbocycles. The second kappa shape index (κ2) is 13.4. The number of anilines is 2. The monoisotopic (exact) mass is 618 g/mol. The summed E-state index contributed by atoms with van der Waals surface area (Å²) in [7, 11) is 1.82. The van der Waals surface area contributed by atoms with Crippen molar-refractivity contribution in [3.63, 3.8) is 0 Å². The zero-order valence-electron chi connectivity index (χ0n) is 26.6. The van der Waals surface area contributed by atoms with Crippen LogP contribution < -0.4 is 20.3 Å². The van der Waals surface area contributed by atoms with Gasteiger partial charge in [0.05, 0.1) is 6.20 Å². The Kier molecular flexibility index (Phi) is 8.91. The van der Waals surface area contributed by atoms with Crippen LogP contribution in [0.3, 0.4) is 0 Å². The second-order valence-corrected chi connectivity index (χ2v) is 11.7. The van der Waals surface area contributed by atoms with E-state index in [2.05, 4.69) is 43.6 Å². The third kappa shape index (κ3) is 6.68. The largest absolute Gasteiger partial charge is 0.438 e. The highest BCUT2D eigenvalue weighted by molar-refractivity contribution is 6.04. The van der Waals surface area contributed by atoms with Crippen LogP contribution in [0.15, 0.2) is 67.1 Å². The molecule has 1 saturated heterocycles. The maximum Gasteiger partial charge on any atom is 0.255 e. The lowest BCUT2D eigenvalue weighted by Crippen LogP contribution is -2.38. The molecule has 11 heteroatoms. The summed E-state index contributed by atoms with van der Waals surface area (Å²) in [6.07, 6.45) is 7.65. The standard InChI is InChI=1S/C35H38N8O3/c1-5-31(44)37-19-24-12-15-43(16-13-24)29-11-10-27(17-23(29)3)39-34(45)25-9-8-22(2)30(18-25)46-35-28-21-38-42(4)33(28)40-32(41-35)26-7-6-14-36-20-26/h6-11,14,17-18,20-21,24H,5,12-13,15-16,19H2,1-4H3,(H,37,44)(H,39,45). The molecular formula is C35H38N8O3. The first-order valence-electron chi connectivity index (χ1n) is 15.6. The number of pyridine rings is 1. The third-order valence-electron chi connectivity index (χ3n) is 8.45. The van der Waals surface area contributed by atoms with Crippen molar-refractivity contribution in [2.75, 3.05) is 29.9 Å². The van der Waals surface area contributed by atoms with E-state index in [1.54, 1.807) is 35.4 Å². The molecular weight excluding hydrogens is 580 g/mol. The van der Waals surface area contributed by atoms with E-state index in [0.717, 1.165) is 60.5 Å². The van der Waals surface area contributed by atoms with Crippen molar-refractivity contribution in [3.05, 3.63) is 83.8 Å². The SMILES string of the molecule is CCC(=O)NCC1CCN(c2ccc(NC(=O)c3ccc(C)c(Oc4nc(-c5cccnc5)nc5c4cnn5C)c3)cc2C)CC1. The van der Waals surface area contributed by atoms with Gasteiger partial charge in [0, 0.05) is 68.0 Å². The number of benzene rings is 2. The Morgan fingerprint density at radius 1 is 1.00 bits per heavy atom. The topological polar surface area (TPSA) is 127 Å². The van der Waals surface area contributed by atoms with Crippen molar-refractivity contribution in [1.29, 1.82) is 0 Å². The van der Waals surface area contributed by atoms with Crippen LogP contribution in [0.1, 0.15) is 47.7 Å². The summed E-state index contributed by atoms with van der Waals surface area (Å²) >= 11 is 0. The molecule has 1 aliphatic rings. The van der Waals surface area contributed by atoms with E-state index >= 15 is 0 Å². The van der Waals surface area contributed by atoms with Crippen LogP contribution in [-0.4, -0.2) is 56.2 Å². The summed E-state index contributed by atoms with van der Waals surface area (Å²) in [4.78, 5) is 41.0. The van der Waals surface area contributed by atoms with Gasteiger partial charge in [-0.1, -0.05) is 13.0 Å². The van der Waals surface area contributed by atoms with Crippen LogP contribution in [-0.2, 0) is 11.8 Å². The van der Waals surface area contributed by atoms with Crippen molar-refractivity contribution in [2.45, 2.75) is 40.0 Å². The first-order valence-corrected chi connectivity index (χ1v) is 15.6. The Morgan fingerprint density at radius 2 is 1.83 bits per heavy atom. The number of carbonyl (C=O) groups is 2. The summed E-state index contributed by atoms with van der Waals surface area (Å²) in [5.41, 5.74) is 5.67. The normalized spacial score (nSPS) is 13.5. The Morgan fingerprint density at radius 3 is 2.57 bits per heavy atom. The fourth-order valence-electron chi connectivity index (χ4n) is 5.71. The second-order valence-electron chi connectivity index (χ2n) is 11.7. The molecule has 0 aliphatic carbocycles. The molecule has 0 atom stereocenters. The Balaban J connectivity index is 1.15. The molecule has 2 N–H and O–H groups in total. The number of amides is 2. The van der Waals surface area contributed by atoms with Gasteiger partial charge in [0.15, 0.2) is 11.5 Å². The van der Waals surface area contributed by atoms with E-state index in [9.17, 15) is 9.59 Å². The zero-order valence-corrected chi connectivity index (χ0v) is 26.6. The molecule has 1 fully saturated rings. The Hall–Kier alpha value is -5.32. The first kappa shape index (κ1) is 30.7. The maximum atomic E-state index is 13.4. The van der Waals surface area contributed by atoms with E-state index in [1.807, 2.05) is 51.2 Å².